The number of fused-ring (bicyclic) bond motifs is 1. The second-order valence-corrected chi connectivity index (χ2v) is 15.5. The normalized spacial score (nSPS) is 17.3. The van der Waals surface area contributed by atoms with Crippen molar-refractivity contribution in [3.05, 3.63) is 69.7 Å². The summed E-state index contributed by atoms with van der Waals surface area (Å²) in [6.07, 6.45) is 0.417. The van der Waals surface area contributed by atoms with Crippen LogP contribution >= 0.6 is 19.8 Å². The van der Waals surface area contributed by atoms with E-state index in [1.54, 1.807) is 24.4 Å². The van der Waals surface area contributed by atoms with Crippen LogP contribution in [0.4, 0.5) is 34.8 Å². The fraction of sp³-hybridized carbons (Fsp3) is 0.345. The Labute approximate surface area is 242 Å². The number of hydrogen-bond donors (Lipinski definition) is 3. The summed E-state index contributed by atoms with van der Waals surface area (Å²) < 4.78 is 62.2. The molecule has 0 atom stereocenters. The molecule has 218 valence electrons. The third kappa shape index (κ3) is 7.34. The average Bonchev–Trinajstić information content (AvgIpc) is 3.29. The molecule has 12 heteroatoms. The van der Waals surface area contributed by atoms with Gasteiger partial charge in [-0.25, -0.2) is 0 Å². The van der Waals surface area contributed by atoms with Crippen LogP contribution in [0.15, 0.2) is 59.7 Å². The van der Waals surface area contributed by atoms with E-state index in [0.717, 1.165) is 58.2 Å². The van der Waals surface area contributed by atoms with Crippen LogP contribution in [0.1, 0.15) is 38.2 Å². The molecule has 0 spiro atoms. The van der Waals surface area contributed by atoms with Crippen LogP contribution in [-0.4, -0.2) is 32.3 Å². The quantitative estimate of drug-likeness (QED) is 0.0988. The Kier molecular flexibility index (Phi) is 9.07. The summed E-state index contributed by atoms with van der Waals surface area (Å²) in [5.41, 5.74) is -0.554. The first-order chi connectivity index (χ1) is 19.7. The van der Waals surface area contributed by atoms with Crippen molar-refractivity contribution < 1.29 is 27.1 Å². The Balaban J connectivity index is 1.26. The standard InChI is InChI=1S/C29H30F4IN5O2/c1-2-34-23-7-5-20(16-25(23)38-28(34)37-24-15-19(29(31,32)33)4-6-22(24)30)41-21-11-14-36-26(17-21)39-27(40)8-3-18-9-12-35-13-10-18/h4-7,11,14-18,35H,2-3,8-10,12-13H2,1H3,(H,37,38)(H,36,39,40). The molecule has 0 bridgehead atoms. The molecule has 7 nitrogen and oxygen atoms in total. The molecule has 1 amide bonds. The number of nitrogens with zero attached hydrogens (tertiary/aromatic N) is 2. The minimum atomic E-state index is -4.59. The number of carbonyl (C=O) groups is 1. The van der Waals surface area contributed by atoms with E-state index in [2.05, 4.69) is 25.9 Å². The van der Waals surface area contributed by atoms with E-state index in [1.165, 1.54) is 0 Å². The number of nitrogens with one attached hydrogen (secondary N) is 3. The van der Waals surface area contributed by atoms with Gasteiger partial charge in [-0.1, -0.05) is 0 Å². The maximum absolute atomic E-state index is 14.4. The van der Waals surface area contributed by atoms with Crippen molar-refractivity contribution in [2.24, 2.45) is 10.9 Å². The van der Waals surface area contributed by atoms with Crippen LogP contribution in [0.3, 0.4) is 0 Å². The zero-order valence-electron chi connectivity index (χ0n) is 22.3. The summed E-state index contributed by atoms with van der Waals surface area (Å²) in [5, 5.41) is 9.36. The Bertz CT molecular complexity index is 1440. The second-order valence-electron chi connectivity index (χ2n) is 9.72. The van der Waals surface area contributed by atoms with Gasteiger partial charge in [-0.3, -0.25) is 0 Å². The van der Waals surface area contributed by atoms with Gasteiger partial charge in [0.1, 0.15) is 0 Å². The van der Waals surface area contributed by atoms with E-state index in [0.29, 0.717) is 39.6 Å². The molecule has 5 rings (SSSR count). The van der Waals surface area contributed by atoms with E-state index in [9.17, 15) is 22.4 Å². The second kappa shape index (κ2) is 12.7. The van der Waals surface area contributed by atoms with Crippen molar-refractivity contribution in [3.63, 3.8) is 0 Å². The monoisotopic (exact) mass is 683 g/mol. The first-order valence-electron chi connectivity index (χ1n) is 13.4. The molecule has 41 heavy (non-hydrogen) atoms. The van der Waals surface area contributed by atoms with Crippen molar-refractivity contribution in [2.45, 2.75) is 38.8 Å². The van der Waals surface area contributed by atoms with Gasteiger partial charge in [-0.05, 0) is 31.8 Å². The number of carbonyl (C=O) groups excluding carboxylic acids is 1. The summed E-state index contributed by atoms with van der Waals surface area (Å²) in [7, 11) is 0. The summed E-state index contributed by atoms with van der Waals surface area (Å²) >= 11 is -2.11. The summed E-state index contributed by atoms with van der Waals surface area (Å²) in [4.78, 5) is 21.0. The number of alkyl halides is 4. The van der Waals surface area contributed by atoms with Gasteiger partial charge >= 0.3 is 206 Å². The number of ether oxygens (including phenoxy) is 1. The zero-order valence-corrected chi connectivity index (χ0v) is 24.5. The Morgan fingerprint density at radius 1 is 1.12 bits per heavy atom. The molecule has 2 aromatic carbocycles. The fourth-order valence-corrected chi connectivity index (χ4v) is 9.61. The van der Waals surface area contributed by atoms with E-state index < -0.39 is 37.4 Å². The molecule has 2 aliphatic heterocycles. The number of amidine groups is 1. The third-order valence-electron chi connectivity index (χ3n) is 6.87. The number of aromatic nitrogens is 1. The number of anilines is 2. The summed E-state index contributed by atoms with van der Waals surface area (Å²) in [6, 6.07) is 11.1. The van der Waals surface area contributed by atoms with E-state index in [1.807, 2.05) is 19.1 Å². The molecule has 1 fully saturated rings. The van der Waals surface area contributed by atoms with Crippen LogP contribution < -0.4 is 20.7 Å². The van der Waals surface area contributed by atoms with Gasteiger partial charge in [0.2, 0.25) is 0 Å². The molecule has 1 aromatic heterocycles. The predicted octanol–water partition coefficient (Wildman–Crippen LogP) is 7.56. The van der Waals surface area contributed by atoms with Gasteiger partial charge in [-0.15, -0.1) is 0 Å². The van der Waals surface area contributed by atoms with Crippen LogP contribution in [-0.2, 0) is 11.0 Å². The van der Waals surface area contributed by atoms with E-state index in [-0.39, 0.29) is 11.6 Å². The molecule has 0 saturated carbocycles. The van der Waals surface area contributed by atoms with E-state index in [4.69, 9.17) is 4.74 Å². The van der Waals surface area contributed by atoms with E-state index >= 15 is 0 Å². The maximum atomic E-state index is 14.4. The van der Waals surface area contributed by atoms with Crippen LogP contribution in [0, 0.1) is 15.3 Å². The molecule has 2 aliphatic rings. The van der Waals surface area contributed by atoms with Crippen LogP contribution in [0.25, 0.3) is 0 Å². The Hall–Kier alpha value is -3.26. The first-order valence-corrected chi connectivity index (χ1v) is 17.0. The number of hydrogen-bond acceptors (Lipinski definition) is 5. The molecular formula is C29H30F4IN5O2. The molecule has 0 aliphatic carbocycles. The molecule has 0 radical (unpaired) electrons. The number of halogens is 5. The third-order valence-corrected chi connectivity index (χ3v) is 12.5. The molecule has 3 aromatic rings. The van der Waals surface area contributed by atoms with Gasteiger partial charge in [-0.2, -0.15) is 0 Å². The van der Waals surface area contributed by atoms with Crippen molar-refractivity contribution in [2.75, 3.05) is 28.2 Å². The van der Waals surface area contributed by atoms with Crippen molar-refractivity contribution in [1.29, 1.82) is 0 Å². The first kappa shape index (κ1) is 29.2. The van der Waals surface area contributed by atoms with Crippen molar-refractivity contribution in [3.8, 4) is 11.5 Å². The number of rotatable bonds is 8. The number of amides is 1. The van der Waals surface area contributed by atoms with Gasteiger partial charge in [0.15, 0.2) is 0 Å². The van der Waals surface area contributed by atoms with Crippen molar-refractivity contribution >= 4 is 46.8 Å². The topological polar surface area (TPSA) is 87.6 Å². The number of piperidine rings is 1. The average molecular weight is 683 g/mol. The summed E-state index contributed by atoms with van der Waals surface area (Å²) in [5.74, 6) is 1.06. The number of pyridine rings is 1. The van der Waals surface area contributed by atoms with Gasteiger partial charge in [0.05, 0.1) is 0 Å². The molecule has 1 saturated heterocycles. The molecule has 3 heterocycles. The number of benzene rings is 2. The predicted molar refractivity (Wildman–Crippen MR) is 160 cm³/mol. The SMILES string of the molecule is CCI1C(=Nc2cc(C(F)(F)F)ccc2F)Nc2cc(Oc3ccnc(NC(=O)CCC4CCNCC4)c3)ccc21. The van der Waals surface area contributed by atoms with Gasteiger partial charge < -0.3 is 5.32 Å². The van der Waals surface area contributed by atoms with Crippen LogP contribution in [0.2, 0.25) is 0 Å². The molecular weight excluding hydrogens is 653 g/mol. The minimum absolute atomic E-state index is 0.0878. The van der Waals surface area contributed by atoms with Gasteiger partial charge in [0.25, 0.3) is 0 Å². The fourth-order valence-electron chi connectivity index (χ4n) is 4.75. The van der Waals surface area contributed by atoms with Crippen LogP contribution in [0.5, 0.6) is 11.5 Å². The zero-order chi connectivity index (χ0) is 29.0. The van der Waals surface area contributed by atoms with Crippen molar-refractivity contribution in [1.82, 2.24) is 10.3 Å². The Morgan fingerprint density at radius 3 is 2.66 bits per heavy atom. The Morgan fingerprint density at radius 2 is 1.90 bits per heavy atom. The summed E-state index contributed by atoms with van der Waals surface area (Å²) in [6.45, 7) is 3.98. The molecule has 3 N–H and O–H groups in total. The molecule has 0 unspecified atom stereocenters. The number of aliphatic imine (C=N–C) groups is 1. The van der Waals surface area contributed by atoms with Gasteiger partial charge in [0, 0.05) is 0 Å².